The molecule has 3 nitrogen and oxygen atoms in total. The van der Waals surface area contributed by atoms with Crippen molar-refractivity contribution in [3.05, 3.63) is 42.0 Å². The Balaban J connectivity index is 1.88. The Morgan fingerprint density at radius 1 is 1.30 bits per heavy atom. The van der Waals surface area contributed by atoms with Gasteiger partial charge in [-0.1, -0.05) is 42.0 Å². The number of fused-ring (bicyclic) bond motifs is 1. The molecule has 1 atom stereocenters. The summed E-state index contributed by atoms with van der Waals surface area (Å²) < 4.78 is 1.85. The molecule has 20 heavy (non-hydrogen) atoms. The fourth-order valence-electron chi connectivity index (χ4n) is 2.16. The van der Waals surface area contributed by atoms with E-state index in [4.69, 9.17) is 0 Å². The monoisotopic (exact) mass is 269 g/mol. The first kappa shape index (κ1) is 14.5. The molecule has 0 saturated heterocycles. The quantitative estimate of drug-likeness (QED) is 0.713. The summed E-state index contributed by atoms with van der Waals surface area (Å²) in [5.41, 5.74) is 3.40. The van der Waals surface area contributed by atoms with Crippen LogP contribution in [0.25, 0.3) is 17.2 Å². The van der Waals surface area contributed by atoms with Crippen LogP contribution in [-0.2, 0) is 0 Å². The Labute approximate surface area is 121 Å². The number of hydrogen-bond donors (Lipinski definition) is 0. The molecule has 106 valence electrons. The molecular weight excluding hydrogens is 246 g/mol. The van der Waals surface area contributed by atoms with Crippen LogP contribution in [0.15, 0.2) is 42.0 Å². The van der Waals surface area contributed by atoms with E-state index in [0.29, 0.717) is 5.92 Å². The van der Waals surface area contributed by atoms with Gasteiger partial charge in [-0.2, -0.15) is 0 Å². The van der Waals surface area contributed by atoms with Crippen molar-refractivity contribution in [2.75, 3.05) is 0 Å². The normalized spacial score (nSPS) is 12.9. The SMILES string of the molecule is CC(C)=CCC[C@H](C)C/C=C\n1nnc2ccccc21. The van der Waals surface area contributed by atoms with Gasteiger partial charge in [0.25, 0.3) is 0 Å². The highest BCUT2D eigenvalue weighted by Gasteiger charge is 2.01. The maximum Gasteiger partial charge on any atom is 0.113 e. The predicted octanol–water partition coefficient (Wildman–Crippen LogP) is 4.67. The number of para-hydroxylation sites is 1. The minimum Gasteiger partial charge on any atom is -0.220 e. The third kappa shape index (κ3) is 4.05. The second kappa shape index (κ2) is 7.04. The number of hydrogen-bond acceptors (Lipinski definition) is 2. The molecule has 0 fully saturated rings. The summed E-state index contributed by atoms with van der Waals surface area (Å²) in [6.07, 6.45) is 9.99. The zero-order valence-electron chi connectivity index (χ0n) is 12.6. The number of rotatable bonds is 6. The van der Waals surface area contributed by atoms with Crippen molar-refractivity contribution in [2.45, 2.75) is 40.0 Å². The molecule has 1 aromatic carbocycles. The maximum atomic E-state index is 4.15. The van der Waals surface area contributed by atoms with Crippen LogP contribution in [0.4, 0.5) is 0 Å². The third-order valence-electron chi connectivity index (χ3n) is 3.37. The average molecular weight is 269 g/mol. The van der Waals surface area contributed by atoms with Crippen molar-refractivity contribution >= 4 is 17.2 Å². The van der Waals surface area contributed by atoms with Crippen LogP contribution in [0, 0.1) is 5.92 Å². The summed E-state index contributed by atoms with van der Waals surface area (Å²) in [5.74, 6) is 0.691. The Hall–Kier alpha value is -1.90. The number of benzene rings is 1. The fraction of sp³-hybridized carbons (Fsp3) is 0.412. The summed E-state index contributed by atoms with van der Waals surface area (Å²) in [6.45, 7) is 6.60. The van der Waals surface area contributed by atoms with E-state index in [1.54, 1.807) is 0 Å². The maximum absolute atomic E-state index is 4.15. The van der Waals surface area contributed by atoms with E-state index < -0.39 is 0 Å². The third-order valence-corrected chi connectivity index (χ3v) is 3.37. The summed E-state index contributed by atoms with van der Waals surface area (Å²) in [6, 6.07) is 8.01. The lowest BCUT2D eigenvalue weighted by atomic mass is 10.0. The van der Waals surface area contributed by atoms with E-state index in [-0.39, 0.29) is 0 Å². The molecule has 2 rings (SSSR count). The van der Waals surface area contributed by atoms with Crippen LogP contribution in [0.3, 0.4) is 0 Å². The smallest absolute Gasteiger partial charge is 0.113 e. The molecule has 0 aliphatic carbocycles. The van der Waals surface area contributed by atoms with Gasteiger partial charge < -0.3 is 0 Å². The van der Waals surface area contributed by atoms with Crippen LogP contribution < -0.4 is 0 Å². The lowest BCUT2D eigenvalue weighted by molar-refractivity contribution is 0.546. The van der Waals surface area contributed by atoms with Gasteiger partial charge in [0.15, 0.2) is 0 Å². The van der Waals surface area contributed by atoms with Gasteiger partial charge in [0.05, 0.1) is 5.52 Å². The Kier molecular flexibility index (Phi) is 5.10. The van der Waals surface area contributed by atoms with Crippen LogP contribution in [0.1, 0.15) is 40.0 Å². The first-order valence-electron chi connectivity index (χ1n) is 7.27. The highest BCUT2D eigenvalue weighted by Crippen LogP contribution is 2.14. The van der Waals surface area contributed by atoms with Crippen LogP contribution in [-0.4, -0.2) is 15.0 Å². The van der Waals surface area contributed by atoms with Crippen molar-refractivity contribution in [1.82, 2.24) is 15.0 Å². The Morgan fingerprint density at radius 3 is 2.90 bits per heavy atom. The highest BCUT2D eigenvalue weighted by atomic mass is 15.4. The van der Waals surface area contributed by atoms with Crippen molar-refractivity contribution in [3.8, 4) is 0 Å². The van der Waals surface area contributed by atoms with E-state index in [2.05, 4.69) is 43.2 Å². The molecule has 0 radical (unpaired) electrons. The summed E-state index contributed by atoms with van der Waals surface area (Å²) in [7, 11) is 0. The van der Waals surface area contributed by atoms with Crippen LogP contribution in [0.5, 0.6) is 0 Å². The molecule has 3 heteroatoms. The van der Waals surface area contributed by atoms with Gasteiger partial charge in [-0.05, 0) is 51.2 Å². The molecule has 0 amide bonds. The molecular formula is C17H23N3. The molecule has 0 unspecified atom stereocenters. The largest absolute Gasteiger partial charge is 0.220 e. The second-order valence-electron chi connectivity index (χ2n) is 5.61. The van der Waals surface area contributed by atoms with E-state index in [0.717, 1.165) is 17.5 Å². The minimum atomic E-state index is 0.691. The molecule has 0 aliphatic heterocycles. The number of nitrogens with zero attached hydrogens (tertiary/aromatic N) is 3. The zero-order chi connectivity index (χ0) is 14.4. The molecule has 1 heterocycles. The van der Waals surface area contributed by atoms with Gasteiger partial charge >= 0.3 is 0 Å². The van der Waals surface area contributed by atoms with Crippen molar-refractivity contribution in [3.63, 3.8) is 0 Å². The number of aromatic nitrogens is 3. The molecule has 0 bridgehead atoms. The van der Waals surface area contributed by atoms with Gasteiger partial charge in [0.2, 0.25) is 0 Å². The van der Waals surface area contributed by atoms with E-state index >= 15 is 0 Å². The predicted molar refractivity (Wildman–Crippen MR) is 85.3 cm³/mol. The van der Waals surface area contributed by atoms with E-state index in [1.807, 2.05) is 35.1 Å². The van der Waals surface area contributed by atoms with Crippen LogP contribution in [0.2, 0.25) is 0 Å². The van der Waals surface area contributed by atoms with Gasteiger partial charge in [-0.15, -0.1) is 5.10 Å². The Morgan fingerprint density at radius 2 is 2.10 bits per heavy atom. The second-order valence-corrected chi connectivity index (χ2v) is 5.61. The zero-order valence-corrected chi connectivity index (χ0v) is 12.6. The molecule has 0 saturated carbocycles. The summed E-state index contributed by atoms with van der Waals surface area (Å²) >= 11 is 0. The fourth-order valence-corrected chi connectivity index (χ4v) is 2.16. The van der Waals surface area contributed by atoms with E-state index in [9.17, 15) is 0 Å². The van der Waals surface area contributed by atoms with Crippen molar-refractivity contribution < 1.29 is 0 Å². The average Bonchev–Trinajstić information content (AvgIpc) is 2.82. The molecule has 0 spiro atoms. The Bertz CT molecular complexity index is 603. The topological polar surface area (TPSA) is 30.7 Å². The van der Waals surface area contributed by atoms with Crippen molar-refractivity contribution in [1.29, 1.82) is 0 Å². The van der Waals surface area contributed by atoms with Gasteiger partial charge in [0, 0.05) is 6.20 Å². The van der Waals surface area contributed by atoms with Crippen molar-refractivity contribution in [2.24, 2.45) is 5.92 Å². The first-order valence-corrected chi connectivity index (χ1v) is 7.27. The molecule has 1 aromatic heterocycles. The first-order chi connectivity index (χ1) is 9.66. The molecule has 2 aromatic rings. The van der Waals surface area contributed by atoms with Gasteiger partial charge in [-0.25, -0.2) is 4.68 Å². The minimum absolute atomic E-state index is 0.691. The van der Waals surface area contributed by atoms with Gasteiger partial charge in [-0.3, -0.25) is 0 Å². The van der Waals surface area contributed by atoms with Gasteiger partial charge in [0.1, 0.15) is 5.52 Å². The summed E-state index contributed by atoms with van der Waals surface area (Å²) in [4.78, 5) is 0. The van der Waals surface area contributed by atoms with Crippen LogP contribution >= 0.6 is 0 Å². The molecule has 0 N–H and O–H groups in total. The number of allylic oxidation sites excluding steroid dienone is 3. The lowest BCUT2D eigenvalue weighted by Crippen LogP contribution is -1.93. The summed E-state index contributed by atoms with van der Waals surface area (Å²) in [5, 5.41) is 8.29. The van der Waals surface area contributed by atoms with E-state index in [1.165, 1.54) is 18.4 Å². The highest BCUT2D eigenvalue weighted by molar-refractivity contribution is 5.75. The lowest BCUT2D eigenvalue weighted by Gasteiger charge is -2.06. The standard InChI is InChI=1S/C17H23N3/c1-14(2)8-6-9-15(3)10-7-13-20-17-12-5-4-11-16(17)18-19-20/h4-5,7-8,11-13,15H,6,9-10H2,1-3H3/b13-7-/t15-/m0/s1. The molecule has 0 aliphatic rings.